The van der Waals surface area contributed by atoms with E-state index in [2.05, 4.69) is 33.0 Å². The molecule has 0 fully saturated rings. The summed E-state index contributed by atoms with van der Waals surface area (Å²) in [6.45, 7) is 11.7. The van der Waals surface area contributed by atoms with Crippen LogP contribution in [0.1, 0.15) is 72.6 Å². The highest BCUT2D eigenvalue weighted by Gasteiger charge is 2.21. The monoisotopic (exact) mass is 213 g/mol. The van der Waals surface area contributed by atoms with Crippen molar-refractivity contribution in [3.63, 3.8) is 0 Å². The van der Waals surface area contributed by atoms with Gasteiger partial charge in [-0.05, 0) is 31.2 Å². The van der Waals surface area contributed by atoms with Gasteiger partial charge in [-0.2, -0.15) is 0 Å². The van der Waals surface area contributed by atoms with Crippen LogP contribution in [-0.4, -0.2) is 13.1 Å². The lowest BCUT2D eigenvalue weighted by Gasteiger charge is -2.29. The predicted molar refractivity (Wildman–Crippen MR) is 70.3 cm³/mol. The summed E-state index contributed by atoms with van der Waals surface area (Å²) < 4.78 is 0. The molecule has 0 saturated heterocycles. The van der Waals surface area contributed by atoms with Crippen molar-refractivity contribution < 1.29 is 0 Å². The fourth-order valence-electron chi connectivity index (χ4n) is 2.20. The Labute approximate surface area is 97.0 Å². The maximum Gasteiger partial charge on any atom is 0.000516 e. The molecule has 0 aliphatic carbocycles. The summed E-state index contributed by atoms with van der Waals surface area (Å²) in [4.78, 5) is 0. The summed E-state index contributed by atoms with van der Waals surface area (Å²) in [7, 11) is 0. The first kappa shape index (κ1) is 15.0. The molecule has 0 aromatic rings. The van der Waals surface area contributed by atoms with E-state index in [0.29, 0.717) is 5.41 Å². The van der Waals surface area contributed by atoms with Crippen LogP contribution in [-0.2, 0) is 0 Å². The highest BCUT2D eigenvalue weighted by molar-refractivity contribution is 4.76. The third kappa shape index (κ3) is 7.84. The van der Waals surface area contributed by atoms with E-state index in [0.717, 1.165) is 0 Å². The zero-order chi connectivity index (χ0) is 11.6. The molecule has 0 amide bonds. The maximum absolute atomic E-state index is 3.62. The first-order valence-electron chi connectivity index (χ1n) is 6.89. The standard InChI is InChI=1S/C14H31N/c1-5-8-11-14(4,10-7-3)13-15-12-9-6-2/h15H,5-13H2,1-4H3. The van der Waals surface area contributed by atoms with Crippen LogP contribution in [0.15, 0.2) is 0 Å². The fourth-order valence-corrected chi connectivity index (χ4v) is 2.20. The van der Waals surface area contributed by atoms with E-state index in [-0.39, 0.29) is 0 Å². The third-order valence-corrected chi connectivity index (χ3v) is 3.25. The molecule has 0 heterocycles. The molecular weight excluding hydrogens is 182 g/mol. The van der Waals surface area contributed by atoms with Crippen LogP contribution >= 0.6 is 0 Å². The Morgan fingerprint density at radius 2 is 1.53 bits per heavy atom. The fraction of sp³-hybridized carbons (Fsp3) is 1.00. The van der Waals surface area contributed by atoms with Crippen LogP contribution in [0.5, 0.6) is 0 Å². The van der Waals surface area contributed by atoms with Crippen LogP contribution in [0.2, 0.25) is 0 Å². The van der Waals surface area contributed by atoms with Gasteiger partial charge in [-0.15, -0.1) is 0 Å². The number of hydrogen-bond donors (Lipinski definition) is 1. The van der Waals surface area contributed by atoms with Gasteiger partial charge in [0, 0.05) is 6.54 Å². The van der Waals surface area contributed by atoms with Crippen LogP contribution < -0.4 is 5.32 Å². The Morgan fingerprint density at radius 1 is 0.867 bits per heavy atom. The van der Waals surface area contributed by atoms with Gasteiger partial charge in [-0.1, -0.05) is 53.4 Å². The van der Waals surface area contributed by atoms with Gasteiger partial charge >= 0.3 is 0 Å². The van der Waals surface area contributed by atoms with Crippen molar-refractivity contribution in [2.75, 3.05) is 13.1 Å². The minimum Gasteiger partial charge on any atom is -0.316 e. The van der Waals surface area contributed by atoms with E-state index in [1.54, 1.807) is 0 Å². The molecule has 0 aliphatic heterocycles. The number of unbranched alkanes of at least 4 members (excludes halogenated alkanes) is 2. The normalized spacial score (nSPS) is 15.2. The van der Waals surface area contributed by atoms with E-state index >= 15 is 0 Å². The second kappa shape index (κ2) is 9.21. The molecule has 1 atom stereocenters. The van der Waals surface area contributed by atoms with Crippen LogP contribution in [0.25, 0.3) is 0 Å². The molecule has 0 rings (SSSR count). The largest absolute Gasteiger partial charge is 0.316 e. The van der Waals surface area contributed by atoms with Gasteiger partial charge in [0.1, 0.15) is 0 Å². The Balaban J connectivity index is 3.78. The van der Waals surface area contributed by atoms with Gasteiger partial charge in [0.25, 0.3) is 0 Å². The van der Waals surface area contributed by atoms with Gasteiger partial charge in [0.2, 0.25) is 0 Å². The van der Waals surface area contributed by atoms with Crippen molar-refractivity contribution in [2.24, 2.45) is 5.41 Å². The highest BCUT2D eigenvalue weighted by Crippen LogP contribution is 2.28. The SMILES string of the molecule is CCCCNCC(C)(CCC)CCCC. The van der Waals surface area contributed by atoms with Gasteiger partial charge in [0.05, 0.1) is 0 Å². The third-order valence-electron chi connectivity index (χ3n) is 3.25. The van der Waals surface area contributed by atoms with Gasteiger partial charge in [-0.3, -0.25) is 0 Å². The lowest BCUT2D eigenvalue weighted by atomic mass is 9.80. The van der Waals surface area contributed by atoms with Crippen molar-refractivity contribution in [1.29, 1.82) is 0 Å². The number of nitrogens with one attached hydrogen (secondary N) is 1. The Kier molecular flexibility index (Phi) is 9.18. The van der Waals surface area contributed by atoms with Crippen molar-refractivity contribution in [2.45, 2.75) is 72.6 Å². The molecule has 15 heavy (non-hydrogen) atoms. The molecule has 1 unspecified atom stereocenters. The van der Waals surface area contributed by atoms with E-state index in [1.807, 2.05) is 0 Å². The molecule has 0 aromatic heterocycles. The zero-order valence-corrected chi connectivity index (χ0v) is 11.4. The lowest BCUT2D eigenvalue weighted by Crippen LogP contribution is -2.32. The van der Waals surface area contributed by atoms with Crippen LogP contribution in [0, 0.1) is 5.41 Å². The van der Waals surface area contributed by atoms with Crippen molar-refractivity contribution in [1.82, 2.24) is 5.32 Å². The summed E-state index contributed by atoms with van der Waals surface area (Å²) in [5.41, 5.74) is 0.540. The summed E-state index contributed by atoms with van der Waals surface area (Å²) in [6, 6.07) is 0. The second-order valence-electron chi connectivity index (χ2n) is 5.19. The first-order valence-corrected chi connectivity index (χ1v) is 6.89. The van der Waals surface area contributed by atoms with Gasteiger partial charge in [0.15, 0.2) is 0 Å². The molecule has 0 bridgehead atoms. The zero-order valence-electron chi connectivity index (χ0n) is 11.4. The van der Waals surface area contributed by atoms with Crippen LogP contribution in [0.4, 0.5) is 0 Å². The van der Waals surface area contributed by atoms with Gasteiger partial charge in [-0.25, -0.2) is 0 Å². The van der Waals surface area contributed by atoms with Crippen LogP contribution in [0.3, 0.4) is 0 Å². The molecule has 0 aliphatic rings. The number of hydrogen-bond acceptors (Lipinski definition) is 1. The van der Waals surface area contributed by atoms with E-state index in [4.69, 9.17) is 0 Å². The Hall–Kier alpha value is -0.0400. The quantitative estimate of drug-likeness (QED) is 0.531. The summed E-state index contributed by atoms with van der Waals surface area (Å²) in [6.07, 6.45) is 9.39. The van der Waals surface area contributed by atoms with E-state index < -0.39 is 0 Å². The first-order chi connectivity index (χ1) is 7.18. The minimum absolute atomic E-state index is 0.540. The summed E-state index contributed by atoms with van der Waals surface area (Å²) in [5.74, 6) is 0. The molecule has 92 valence electrons. The van der Waals surface area contributed by atoms with E-state index in [9.17, 15) is 0 Å². The summed E-state index contributed by atoms with van der Waals surface area (Å²) in [5, 5.41) is 3.62. The smallest absolute Gasteiger partial charge is 0.000516 e. The lowest BCUT2D eigenvalue weighted by molar-refractivity contribution is 0.248. The average Bonchev–Trinajstić information content (AvgIpc) is 2.22. The molecule has 1 heteroatoms. The van der Waals surface area contributed by atoms with Crippen molar-refractivity contribution in [3.8, 4) is 0 Å². The Morgan fingerprint density at radius 3 is 2.07 bits per heavy atom. The topological polar surface area (TPSA) is 12.0 Å². The van der Waals surface area contributed by atoms with Gasteiger partial charge < -0.3 is 5.32 Å². The number of rotatable bonds is 10. The molecule has 0 radical (unpaired) electrons. The molecule has 0 aromatic carbocycles. The summed E-state index contributed by atoms with van der Waals surface area (Å²) >= 11 is 0. The second-order valence-corrected chi connectivity index (χ2v) is 5.19. The minimum atomic E-state index is 0.540. The van der Waals surface area contributed by atoms with Crippen molar-refractivity contribution >= 4 is 0 Å². The molecular formula is C14H31N. The average molecular weight is 213 g/mol. The predicted octanol–water partition coefficient (Wildman–Crippen LogP) is 4.37. The molecule has 0 saturated carbocycles. The molecule has 0 spiro atoms. The highest BCUT2D eigenvalue weighted by atomic mass is 14.9. The van der Waals surface area contributed by atoms with E-state index in [1.165, 1.54) is 58.0 Å². The molecule has 1 N–H and O–H groups in total. The Bertz CT molecular complexity index is 133. The maximum atomic E-state index is 3.62. The van der Waals surface area contributed by atoms with Crippen molar-refractivity contribution in [3.05, 3.63) is 0 Å². The molecule has 1 nitrogen and oxygen atoms in total.